The van der Waals surface area contributed by atoms with E-state index in [-0.39, 0.29) is 22.6 Å². The number of nitrogens with one attached hydrogen (secondary N) is 2. The van der Waals surface area contributed by atoms with Crippen molar-refractivity contribution in [2.24, 2.45) is 5.92 Å². The van der Waals surface area contributed by atoms with Gasteiger partial charge in [-0.05, 0) is 36.6 Å². The van der Waals surface area contributed by atoms with Crippen molar-refractivity contribution in [3.05, 3.63) is 47.0 Å². The lowest BCUT2D eigenvalue weighted by Gasteiger charge is -2.08. The lowest BCUT2D eigenvalue weighted by atomic mass is 10.1. The molecule has 2 aromatic rings. The van der Waals surface area contributed by atoms with E-state index in [2.05, 4.69) is 34.4 Å². The molecule has 0 aliphatic carbocycles. The smallest absolute Gasteiger partial charge is 0.270 e. The molecule has 0 spiro atoms. The second kappa shape index (κ2) is 7.87. The highest BCUT2D eigenvalue weighted by molar-refractivity contribution is 6.31. The normalized spacial score (nSPS) is 10.7. The third-order valence-electron chi connectivity index (χ3n) is 3.07. The van der Waals surface area contributed by atoms with Crippen molar-refractivity contribution >= 4 is 29.1 Å². The Bertz CT molecular complexity index is 694. The zero-order valence-corrected chi connectivity index (χ0v) is 13.7. The predicted molar refractivity (Wildman–Crippen MR) is 88.5 cm³/mol. The minimum atomic E-state index is -0.503. The fourth-order valence-corrected chi connectivity index (χ4v) is 1.99. The van der Waals surface area contributed by atoms with Crippen LogP contribution in [0.5, 0.6) is 0 Å². The zero-order chi connectivity index (χ0) is 16.8. The van der Waals surface area contributed by atoms with Crippen LogP contribution in [0.25, 0.3) is 0 Å². The molecular formula is C16H18ClFN4O. The van der Waals surface area contributed by atoms with Crippen molar-refractivity contribution in [3.63, 3.8) is 0 Å². The first-order valence-corrected chi connectivity index (χ1v) is 7.67. The summed E-state index contributed by atoms with van der Waals surface area (Å²) in [5, 5.41) is 5.70. The van der Waals surface area contributed by atoms with Crippen molar-refractivity contribution < 1.29 is 9.18 Å². The molecule has 7 heteroatoms. The van der Waals surface area contributed by atoms with Gasteiger partial charge >= 0.3 is 0 Å². The van der Waals surface area contributed by atoms with Crippen LogP contribution in [0, 0.1) is 11.7 Å². The highest BCUT2D eigenvalue weighted by Gasteiger charge is 2.09. The second-order valence-corrected chi connectivity index (χ2v) is 5.86. The van der Waals surface area contributed by atoms with Crippen LogP contribution in [0.3, 0.4) is 0 Å². The lowest BCUT2D eigenvalue weighted by molar-refractivity contribution is 0.0947. The summed E-state index contributed by atoms with van der Waals surface area (Å²) >= 11 is 5.72. The van der Waals surface area contributed by atoms with Gasteiger partial charge < -0.3 is 10.6 Å². The summed E-state index contributed by atoms with van der Waals surface area (Å²) in [4.78, 5) is 20.2. The van der Waals surface area contributed by atoms with Gasteiger partial charge in [-0.15, -0.1) is 0 Å². The fourth-order valence-electron chi connectivity index (χ4n) is 1.81. The van der Waals surface area contributed by atoms with Crippen LogP contribution < -0.4 is 10.6 Å². The third-order valence-corrected chi connectivity index (χ3v) is 3.36. The van der Waals surface area contributed by atoms with Gasteiger partial charge in [0.2, 0.25) is 5.95 Å². The molecule has 0 aliphatic heterocycles. The molecule has 0 aliphatic rings. The van der Waals surface area contributed by atoms with Crippen LogP contribution in [0.15, 0.2) is 30.5 Å². The largest absolute Gasteiger partial charge is 0.351 e. The molecule has 0 bridgehead atoms. The van der Waals surface area contributed by atoms with Crippen LogP contribution in [0.2, 0.25) is 5.02 Å². The average molecular weight is 337 g/mol. The Hall–Kier alpha value is -2.21. The standard InChI is InChI=1S/C16H18ClFN4O/c1-10(2)5-7-19-15(23)14-6-8-20-16(22-14)21-11-3-4-13(18)12(17)9-11/h3-4,6,8-10H,5,7H2,1-2H3,(H,19,23)(H,20,21,22). The molecule has 5 nitrogen and oxygen atoms in total. The van der Waals surface area contributed by atoms with Gasteiger partial charge in [-0.25, -0.2) is 14.4 Å². The molecule has 1 aromatic carbocycles. The number of hydrogen-bond donors (Lipinski definition) is 2. The maximum Gasteiger partial charge on any atom is 0.270 e. The van der Waals surface area contributed by atoms with E-state index in [0.29, 0.717) is 18.2 Å². The van der Waals surface area contributed by atoms with E-state index < -0.39 is 5.82 Å². The number of anilines is 2. The Labute approximate surface area is 139 Å². The minimum absolute atomic E-state index is 0.00224. The van der Waals surface area contributed by atoms with Gasteiger partial charge in [-0.3, -0.25) is 4.79 Å². The number of benzene rings is 1. The van der Waals surface area contributed by atoms with Crippen molar-refractivity contribution in [2.45, 2.75) is 20.3 Å². The van der Waals surface area contributed by atoms with E-state index in [4.69, 9.17) is 11.6 Å². The van der Waals surface area contributed by atoms with E-state index in [0.717, 1.165) is 6.42 Å². The van der Waals surface area contributed by atoms with Crippen molar-refractivity contribution in [2.75, 3.05) is 11.9 Å². The summed E-state index contributed by atoms with van der Waals surface area (Å²) in [6.07, 6.45) is 2.38. The molecule has 0 atom stereocenters. The molecule has 0 radical (unpaired) electrons. The monoisotopic (exact) mass is 336 g/mol. The molecule has 0 fully saturated rings. The summed E-state index contributed by atoms with van der Waals surface area (Å²) in [7, 11) is 0. The van der Waals surface area contributed by atoms with Gasteiger partial charge in [0.1, 0.15) is 11.5 Å². The molecule has 122 valence electrons. The maximum atomic E-state index is 13.1. The number of aromatic nitrogens is 2. The van der Waals surface area contributed by atoms with Gasteiger partial charge in [0.05, 0.1) is 5.02 Å². The lowest BCUT2D eigenvalue weighted by Crippen LogP contribution is -2.26. The predicted octanol–water partition coefficient (Wildman–Crippen LogP) is 3.79. The van der Waals surface area contributed by atoms with Gasteiger partial charge in [-0.2, -0.15) is 0 Å². The summed E-state index contributed by atoms with van der Waals surface area (Å²) in [6.45, 7) is 4.77. The van der Waals surface area contributed by atoms with Crippen LogP contribution in [-0.4, -0.2) is 22.4 Å². The van der Waals surface area contributed by atoms with Gasteiger partial charge in [-0.1, -0.05) is 25.4 Å². The minimum Gasteiger partial charge on any atom is -0.351 e. The SMILES string of the molecule is CC(C)CCNC(=O)c1ccnc(Nc2ccc(F)c(Cl)c2)n1. The Morgan fingerprint density at radius 2 is 2.13 bits per heavy atom. The van der Waals surface area contributed by atoms with Crippen LogP contribution in [-0.2, 0) is 0 Å². The quantitative estimate of drug-likeness (QED) is 0.842. The fraction of sp³-hybridized carbons (Fsp3) is 0.312. The second-order valence-electron chi connectivity index (χ2n) is 5.46. The topological polar surface area (TPSA) is 66.9 Å². The molecule has 0 unspecified atom stereocenters. The number of nitrogens with zero attached hydrogens (tertiary/aromatic N) is 2. The molecule has 2 N–H and O–H groups in total. The van der Waals surface area contributed by atoms with E-state index in [1.54, 1.807) is 0 Å². The zero-order valence-electron chi connectivity index (χ0n) is 12.9. The average Bonchev–Trinajstić information content (AvgIpc) is 2.51. The molecule has 2 rings (SSSR count). The number of amides is 1. The first-order valence-electron chi connectivity index (χ1n) is 7.29. The highest BCUT2D eigenvalue weighted by Crippen LogP contribution is 2.21. The van der Waals surface area contributed by atoms with Crippen molar-refractivity contribution in [1.82, 2.24) is 15.3 Å². The van der Waals surface area contributed by atoms with Gasteiger partial charge in [0, 0.05) is 18.4 Å². The van der Waals surface area contributed by atoms with Gasteiger partial charge in [0.25, 0.3) is 5.91 Å². The van der Waals surface area contributed by atoms with Crippen LogP contribution >= 0.6 is 11.6 Å². The summed E-state index contributed by atoms with van der Waals surface area (Å²) in [6, 6.07) is 5.72. The van der Waals surface area contributed by atoms with Gasteiger partial charge in [0.15, 0.2) is 0 Å². The van der Waals surface area contributed by atoms with E-state index >= 15 is 0 Å². The molecule has 1 heterocycles. The number of carbonyl (C=O) groups excluding carboxylic acids is 1. The molecular weight excluding hydrogens is 319 g/mol. The van der Waals surface area contributed by atoms with E-state index in [1.165, 1.54) is 30.5 Å². The van der Waals surface area contributed by atoms with E-state index in [1.807, 2.05) is 0 Å². The molecule has 0 saturated heterocycles. The first kappa shape index (κ1) is 17.1. The third kappa shape index (κ3) is 5.17. The van der Waals surface area contributed by atoms with Crippen molar-refractivity contribution in [3.8, 4) is 0 Å². The molecule has 1 amide bonds. The van der Waals surface area contributed by atoms with E-state index in [9.17, 15) is 9.18 Å². The highest BCUT2D eigenvalue weighted by atomic mass is 35.5. The maximum absolute atomic E-state index is 13.1. The Kier molecular flexibility index (Phi) is 5.87. The number of carbonyl (C=O) groups is 1. The Morgan fingerprint density at radius 1 is 1.35 bits per heavy atom. The number of rotatable bonds is 6. The Balaban J connectivity index is 2.04. The van der Waals surface area contributed by atoms with Crippen LogP contribution in [0.1, 0.15) is 30.8 Å². The molecule has 1 aromatic heterocycles. The molecule has 0 saturated carbocycles. The number of hydrogen-bond acceptors (Lipinski definition) is 4. The van der Waals surface area contributed by atoms with Crippen molar-refractivity contribution in [1.29, 1.82) is 0 Å². The van der Waals surface area contributed by atoms with Crippen LogP contribution in [0.4, 0.5) is 16.0 Å². The summed E-state index contributed by atoms with van der Waals surface area (Å²) in [5.41, 5.74) is 0.799. The molecule has 23 heavy (non-hydrogen) atoms. The Morgan fingerprint density at radius 3 is 2.83 bits per heavy atom. The first-order chi connectivity index (χ1) is 11.0. The summed E-state index contributed by atoms with van der Waals surface area (Å²) in [5.74, 6) is -0.00464. The summed E-state index contributed by atoms with van der Waals surface area (Å²) < 4.78 is 13.1. The number of halogens is 2.